The van der Waals surface area contributed by atoms with E-state index in [1.54, 1.807) is 4.68 Å². The molecule has 0 aromatic carbocycles. The number of aliphatic hydroxyl groups excluding tert-OH is 2. The van der Waals surface area contributed by atoms with Crippen molar-refractivity contribution in [3.63, 3.8) is 0 Å². The molecule has 7 nitrogen and oxygen atoms in total. The van der Waals surface area contributed by atoms with E-state index in [-0.39, 0.29) is 23.9 Å². The second kappa shape index (κ2) is 4.43. The predicted molar refractivity (Wildman–Crippen MR) is 65.0 cm³/mol. The van der Waals surface area contributed by atoms with Gasteiger partial charge in [-0.25, -0.2) is 9.67 Å². The summed E-state index contributed by atoms with van der Waals surface area (Å²) in [5.41, 5.74) is 6.20. The SMILES string of the molecule is NC(=O)c1ncn([C@H]2C[C@H](O)[C@H]3C[C@H](O)CC=C32)n1. The van der Waals surface area contributed by atoms with Crippen LogP contribution in [0.3, 0.4) is 0 Å². The molecule has 0 saturated heterocycles. The fourth-order valence-electron chi connectivity index (χ4n) is 3.04. The lowest BCUT2D eigenvalue weighted by molar-refractivity contribution is 0.0844. The number of primary amides is 1. The van der Waals surface area contributed by atoms with Crippen LogP contribution in [0.1, 0.15) is 35.9 Å². The van der Waals surface area contributed by atoms with E-state index in [2.05, 4.69) is 10.1 Å². The Bertz CT molecular complexity index is 539. The van der Waals surface area contributed by atoms with E-state index < -0.39 is 12.0 Å². The van der Waals surface area contributed by atoms with Crippen LogP contribution in [-0.2, 0) is 0 Å². The van der Waals surface area contributed by atoms with Crippen molar-refractivity contribution in [2.75, 3.05) is 0 Å². The molecule has 4 N–H and O–H groups in total. The quantitative estimate of drug-likeness (QED) is 0.616. The molecular weight excluding hydrogens is 248 g/mol. The van der Waals surface area contributed by atoms with Gasteiger partial charge in [0.25, 0.3) is 5.91 Å². The Balaban J connectivity index is 1.90. The number of nitrogens with zero attached hydrogens (tertiary/aromatic N) is 3. The van der Waals surface area contributed by atoms with E-state index in [0.717, 1.165) is 5.57 Å². The first kappa shape index (κ1) is 12.3. The number of rotatable bonds is 2. The van der Waals surface area contributed by atoms with Crippen molar-refractivity contribution in [1.29, 1.82) is 0 Å². The van der Waals surface area contributed by atoms with Crippen LogP contribution < -0.4 is 5.73 Å². The van der Waals surface area contributed by atoms with E-state index in [1.807, 2.05) is 6.08 Å². The maximum atomic E-state index is 11.0. The van der Waals surface area contributed by atoms with Crippen LogP contribution in [0.25, 0.3) is 0 Å². The second-order valence-electron chi connectivity index (χ2n) is 5.17. The third-order valence-corrected chi connectivity index (χ3v) is 3.94. The maximum Gasteiger partial charge on any atom is 0.288 e. The summed E-state index contributed by atoms with van der Waals surface area (Å²) in [6.45, 7) is 0. The highest BCUT2D eigenvalue weighted by Gasteiger charge is 2.41. The normalized spacial score (nSPS) is 33.9. The Hall–Kier alpha value is -1.73. The maximum absolute atomic E-state index is 11.0. The van der Waals surface area contributed by atoms with E-state index in [4.69, 9.17) is 5.73 Å². The van der Waals surface area contributed by atoms with Gasteiger partial charge >= 0.3 is 0 Å². The average molecular weight is 264 g/mol. The summed E-state index contributed by atoms with van der Waals surface area (Å²) < 4.78 is 1.58. The van der Waals surface area contributed by atoms with Gasteiger partial charge in [-0.2, -0.15) is 0 Å². The molecule has 1 aromatic rings. The molecule has 1 saturated carbocycles. The summed E-state index contributed by atoms with van der Waals surface area (Å²) >= 11 is 0. The van der Waals surface area contributed by atoms with Crippen LogP contribution in [-0.4, -0.2) is 43.1 Å². The lowest BCUT2D eigenvalue weighted by atomic mass is 9.86. The van der Waals surface area contributed by atoms with Gasteiger partial charge in [-0.1, -0.05) is 6.08 Å². The summed E-state index contributed by atoms with van der Waals surface area (Å²) in [5.74, 6) is -0.716. The Kier molecular flexibility index (Phi) is 2.87. The third-order valence-electron chi connectivity index (χ3n) is 3.94. The van der Waals surface area contributed by atoms with Gasteiger partial charge in [0.05, 0.1) is 18.2 Å². The van der Waals surface area contributed by atoms with Crippen molar-refractivity contribution in [3.8, 4) is 0 Å². The fraction of sp³-hybridized carbons (Fsp3) is 0.583. The molecule has 19 heavy (non-hydrogen) atoms. The number of hydrogen-bond donors (Lipinski definition) is 3. The molecule has 1 heterocycles. The molecule has 2 aliphatic rings. The predicted octanol–water partition coefficient (Wildman–Crippen LogP) is -0.620. The first-order chi connectivity index (χ1) is 9.06. The minimum Gasteiger partial charge on any atom is -0.393 e. The van der Waals surface area contributed by atoms with Gasteiger partial charge in [-0.15, -0.1) is 5.10 Å². The molecule has 102 valence electrons. The van der Waals surface area contributed by atoms with Crippen molar-refractivity contribution >= 4 is 5.91 Å². The monoisotopic (exact) mass is 264 g/mol. The zero-order chi connectivity index (χ0) is 13.6. The summed E-state index contributed by atoms with van der Waals surface area (Å²) in [5, 5.41) is 23.8. The molecule has 0 aliphatic heterocycles. The van der Waals surface area contributed by atoms with Gasteiger partial charge in [-0.3, -0.25) is 4.79 Å². The zero-order valence-corrected chi connectivity index (χ0v) is 10.3. The summed E-state index contributed by atoms with van der Waals surface area (Å²) in [4.78, 5) is 14.9. The number of fused-ring (bicyclic) bond motifs is 1. The minimum atomic E-state index is -0.665. The average Bonchev–Trinajstić information content (AvgIpc) is 2.95. The highest BCUT2D eigenvalue weighted by atomic mass is 16.3. The molecule has 1 fully saturated rings. The van der Waals surface area contributed by atoms with Gasteiger partial charge in [-0.05, 0) is 18.4 Å². The number of carbonyl (C=O) groups excluding carboxylic acids is 1. The molecule has 7 heteroatoms. The van der Waals surface area contributed by atoms with Gasteiger partial charge in [0.15, 0.2) is 0 Å². The number of hydrogen-bond acceptors (Lipinski definition) is 5. The fourth-order valence-corrected chi connectivity index (χ4v) is 3.04. The summed E-state index contributed by atoms with van der Waals surface area (Å²) in [6, 6.07) is -0.104. The van der Waals surface area contributed by atoms with Crippen LogP contribution in [0.15, 0.2) is 18.0 Å². The Labute approximate surface area is 109 Å². The highest BCUT2D eigenvalue weighted by Crippen LogP contribution is 2.44. The van der Waals surface area contributed by atoms with Crippen molar-refractivity contribution in [2.45, 2.75) is 37.5 Å². The minimum absolute atomic E-state index is 0.0191. The van der Waals surface area contributed by atoms with E-state index in [0.29, 0.717) is 19.3 Å². The number of aromatic nitrogens is 3. The third kappa shape index (κ3) is 2.04. The zero-order valence-electron chi connectivity index (χ0n) is 10.3. The first-order valence-electron chi connectivity index (χ1n) is 6.33. The molecule has 4 atom stereocenters. The molecular formula is C12H16N4O3. The topological polar surface area (TPSA) is 114 Å². The summed E-state index contributed by atoms with van der Waals surface area (Å²) in [7, 11) is 0. The van der Waals surface area contributed by atoms with Gasteiger partial charge in [0, 0.05) is 12.3 Å². The van der Waals surface area contributed by atoms with Crippen LogP contribution in [0.2, 0.25) is 0 Å². The Morgan fingerprint density at radius 3 is 2.89 bits per heavy atom. The Morgan fingerprint density at radius 1 is 1.42 bits per heavy atom. The van der Waals surface area contributed by atoms with Crippen LogP contribution >= 0.6 is 0 Å². The number of carbonyl (C=O) groups is 1. The first-order valence-corrected chi connectivity index (χ1v) is 6.33. The van der Waals surface area contributed by atoms with E-state index >= 15 is 0 Å². The van der Waals surface area contributed by atoms with Crippen molar-refractivity contribution < 1.29 is 15.0 Å². The summed E-state index contributed by atoms with van der Waals surface area (Å²) in [6.07, 6.45) is 4.22. The van der Waals surface area contributed by atoms with Gasteiger partial charge < -0.3 is 15.9 Å². The number of aliphatic hydroxyl groups is 2. The van der Waals surface area contributed by atoms with E-state index in [9.17, 15) is 15.0 Å². The van der Waals surface area contributed by atoms with Crippen molar-refractivity contribution in [3.05, 3.63) is 23.8 Å². The van der Waals surface area contributed by atoms with Crippen LogP contribution in [0, 0.1) is 5.92 Å². The molecule has 0 spiro atoms. The highest BCUT2D eigenvalue weighted by molar-refractivity contribution is 5.88. The van der Waals surface area contributed by atoms with E-state index in [1.165, 1.54) is 6.33 Å². The second-order valence-corrected chi connectivity index (χ2v) is 5.17. The largest absolute Gasteiger partial charge is 0.393 e. The van der Waals surface area contributed by atoms with Crippen LogP contribution in [0.5, 0.6) is 0 Å². The van der Waals surface area contributed by atoms with Crippen molar-refractivity contribution in [2.24, 2.45) is 11.7 Å². The van der Waals surface area contributed by atoms with Crippen molar-refractivity contribution in [1.82, 2.24) is 14.8 Å². The lowest BCUT2D eigenvalue weighted by Gasteiger charge is -2.25. The molecule has 1 amide bonds. The number of nitrogens with two attached hydrogens (primary N) is 1. The van der Waals surface area contributed by atoms with Gasteiger partial charge in [0.2, 0.25) is 5.82 Å². The Morgan fingerprint density at radius 2 is 2.21 bits per heavy atom. The molecule has 0 radical (unpaired) electrons. The molecule has 0 unspecified atom stereocenters. The van der Waals surface area contributed by atoms with Crippen LogP contribution in [0.4, 0.5) is 0 Å². The lowest BCUT2D eigenvalue weighted by Crippen LogP contribution is -2.24. The number of amides is 1. The molecule has 0 bridgehead atoms. The standard InChI is InChI=1S/C12H16N4O3/c13-11(19)12-14-5-16(15-12)9-4-10(18)8-3-6(17)1-2-7(8)9/h2,5-6,8-10,17-18H,1,3-4H2,(H2,13,19)/t6-,8+,9+,10+/m1/s1. The smallest absolute Gasteiger partial charge is 0.288 e. The molecule has 3 rings (SSSR count). The molecule has 2 aliphatic carbocycles. The van der Waals surface area contributed by atoms with Gasteiger partial charge in [0.1, 0.15) is 6.33 Å². The molecule has 1 aromatic heterocycles.